The maximum absolute atomic E-state index is 12.3. The van der Waals surface area contributed by atoms with E-state index in [2.05, 4.69) is 43.3 Å². The fourth-order valence-electron chi connectivity index (χ4n) is 4.00. The Labute approximate surface area is 161 Å². The summed E-state index contributed by atoms with van der Waals surface area (Å²) in [7, 11) is 0. The van der Waals surface area contributed by atoms with Crippen LogP contribution in [0.15, 0.2) is 30.5 Å². The van der Waals surface area contributed by atoms with E-state index in [1.54, 1.807) is 18.3 Å². The van der Waals surface area contributed by atoms with Crippen molar-refractivity contribution in [1.82, 2.24) is 10.3 Å². The number of benzene rings is 1. The maximum Gasteiger partial charge on any atom is 0.479 e. The van der Waals surface area contributed by atoms with E-state index < -0.39 is 17.6 Å². The van der Waals surface area contributed by atoms with Crippen LogP contribution in [0.4, 0.5) is 18.9 Å². The highest BCUT2D eigenvalue weighted by atomic mass is 32.2. The molecule has 1 aliphatic rings. The number of piperidine rings is 1. The minimum Gasteiger partial charge on any atom is -0.417 e. The molecule has 1 aliphatic heterocycles. The first-order valence-electron chi connectivity index (χ1n) is 8.79. The molecule has 0 atom stereocenters. The lowest BCUT2D eigenvalue weighted by molar-refractivity contribution is -0.0369. The van der Waals surface area contributed by atoms with Crippen LogP contribution in [-0.4, -0.2) is 27.6 Å². The van der Waals surface area contributed by atoms with Crippen molar-refractivity contribution in [2.24, 2.45) is 0 Å². The number of rotatable bonds is 4. The fourth-order valence-corrected chi connectivity index (χ4v) is 4.29. The second-order valence-corrected chi connectivity index (χ2v) is 9.13. The van der Waals surface area contributed by atoms with Crippen LogP contribution in [0.1, 0.15) is 40.5 Å². The molecular formula is C19H24F3N3OS. The van der Waals surface area contributed by atoms with Crippen molar-refractivity contribution in [3.63, 3.8) is 0 Å². The molecule has 1 aromatic carbocycles. The molecule has 27 heavy (non-hydrogen) atoms. The lowest BCUT2D eigenvalue weighted by atomic mass is 9.79. The van der Waals surface area contributed by atoms with Crippen molar-refractivity contribution < 1.29 is 17.4 Å². The topological polar surface area (TPSA) is 46.2 Å². The highest BCUT2D eigenvalue weighted by Crippen LogP contribution is 2.34. The van der Waals surface area contributed by atoms with E-state index in [1.807, 2.05) is 6.07 Å². The molecule has 2 aromatic rings. The molecule has 4 nitrogen and oxygen atoms in total. The van der Waals surface area contributed by atoms with E-state index in [1.165, 1.54) is 6.07 Å². The van der Waals surface area contributed by atoms with Gasteiger partial charge in [-0.2, -0.15) is 13.2 Å². The normalized spacial score (nSPS) is 19.8. The first kappa shape index (κ1) is 20.1. The Kier molecular flexibility index (Phi) is 5.24. The van der Waals surface area contributed by atoms with Crippen molar-refractivity contribution in [2.75, 3.05) is 5.32 Å². The number of alkyl halides is 3. The van der Waals surface area contributed by atoms with Gasteiger partial charge in [0.15, 0.2) is 12.0 Å². The van der Waals surface area contributed by atoms with Crippen molar-refractivity contribution >= 4 is 28.6 Å². The summed E-state index contributed by atoms with van der Waals surface area (Å²) in [5.74, 6) is 0.146. The van der Waals surface area contributed by atoms with Gasteiger partial charge in [-0.15, -0.1) is 0 Å². The zero-order valence-electron chi connectivity index (χ0n) is 15.8. The summed E-state index contributed by atoms with van der Waals surface area (Å²) < 4.78 is 41.7. The van der Waals surface area contributed by atoms with Crippen molar-refractivity contribution in [3.05, 3.63) is 30.5 Å². The van der Waals surface area contributed by atoms with E-state index in [0.29, 0.717) is 5.52 Å². The second kappa shape index (κ2) is 7.05. The van der Waals surface area contributed by atoms with Gasteiger partial charge in [0.2, 0.25) is 0 Å². The minimum absolute atomic E-state index is 0.0134. The largest absolute Gasteiger partial charge is 0.479 e. The molecule has 3 rings (SSSR count). The van der Waals surface area contributed by atoms with E-state index in [9.17, 15) is 13.2 Å². The summed E-state index contributed by atoms with van der Waals surface area (Å²) in [5, 5.41) is 7.91. The number of aromatic nitrogens is 1. The molecular weight excluding hydrogens is 375 g/mol. The molecule has 1 aromatic heterocycles. The zero-order valence-corrected chi connectivity index (χ0v) is 16.6. The van der Waals surface area contributed by atoms with Gasteiger partial charge in [0.05, 0.1) is 17.4 Å². The Morgan fingerprint density at radius 1 is 1.15 bits per heavy atom. The first-order valence-corrected chi connectivity index (χ1v) is 9.53. The van der Waals surface area contributed by atoms with Gasteiger partial charge in [-0.3, -0.25) is 4.98 Å². The summed E-state index contributed by atoms with van der Waals surface area (Å²) in [6.45, 7) is 8.73. The van der Waals surface area contributed by atoms with Gasteiger partial charge in [0.25, 0.3) is 0 Å². The SMILES string of the molecule is CC1(C)CC(Nc2cnc3ccc(OSC(F)(F)F)cc3c2)CC(C)(C)N1. The van der Waals surface area contributed by atoms with Crippen LogP contribution >= 0.6 is 12.0 Å². The summed E-state index contributed by atoms with van der Waals surface area (Å²) in [6, 6.07) is 6.88. The van der Waals surface area contributed by atoms with E-state index in [-0.39, 0.29) is 22.9 Å². The third kappa shape index (κ3) is 5.65. The number of halogens is 3. The van der Waals surface area contributed by atoms with Gasteiger partial charge in [0.1, 0.15) is 5.75 Å². The molecule has 8 heteroatoms. The van der Waals surface area contributed by atoms with Gasteiger partial charge in [-0.1, -0.05) is 0 Å². The monoisotopic (exact) mass is 399 g/mol. The number of nitrogens with zero attached hydrogens (tertiary/aromatic N) is 1. The van der Waals surface area contributed by atoms with Crippen LogP contribution in [-0.2, 0) is 0 Å². The Morgan fingerprint density at radius 3 is 2.44 bits per heavy atom. The van der Waals surface area contributed by atoms with Crippen LogP contribution in [0, 0.1) is 0 Å². The molecule has 0 amide bonds. The number of hydrogen-bond donors (Lipinski definition) is 2. The predicted octanol–water partition coefficient (Wildman–Crippen LogP) is 5.50. The Bertz CT molecular complexity index is 807. The summed E-state index contributed by atoms with van der Waals surface area (Å²) in [4.78, 5) is 4.41. The molecule has 0 aliphatic carbocycles. The Hall–Kier alpha value is -1.67. The van der Waals surface area contributed by atoms with Crippen molar-refractivity contribution in [2.45, 2.75) is 63.2 Å². The molecule has 1 fully saturated rings. The molecule has 0 radical (unpaired) electrons. The highest BCUT2D eigenvalue weighted by Gasteiger charge is 2.37. The quantitative estimate of drug-likeness (QED) is 0.665. The van der Waals surface area contributed by atoms with E-state index in [0.717, 1.165) is 23.9 Å². The number of hydrogen-bond acceptors (Lipinski definition) is 5. The molecule has 0 bridgehead atoms. The second-order valence-electron chi connectivity index (χ2n) is 8.33. The molecule has 0 saturated carbocycles. The molecule has 1 saturated heterocycles. The van der Waals surface area contributed by atoms with Crippen LogP contribution in [0.25, 0.3) is 10.9 Å². The number of nitrogens with one attached hydrogen (secondary N) is 2. The number of pyridine rings is 1. The van der Waals surface area contributed by atoms with Crippen LogP contribution in [0.5, 0.6) is 5.75 Å². The summed E-state index contributed by atoms with van der Waals surface area (Å²) in [6.07, 6.45) is 3.68. The van der Waals surface area contributed by atoms with Crippen LogP contribution in [0.2, 0.25) is 0 Å². The first-order chi connectivity index (χ1) is 12.4. The lowest BCUT2D eigenvalue weighted by Crippen LogP contribution is -2.60. The Morgan fingerprint density at radius 2 is 1.81 bits per heavy atom. The average Bonchev–Trinajstić information content (AvgIpc) is 2.48. The molecule has 2 N–H and O–H groups in total. The van der Waals surface area contributed by atoms with E-state index in [4.69, 9.17) is 4.18 Å². The van der Waals surface area contributed by atoms with Gasteiger partial charge in [0, 0.05) is 22.5 Å². The van der Waals surface area contributed by atoms with Crippen molar-refractivity contribution in [3.8, 4) is 5.75 Å². The average molecular weight is 399 g/mol. The van der Waals surface area contributed by atoms with Gasteiger partial charge < -0.3 is 14.8 Å². The molecule has 0 unspecified atom stereocenters. The molecule has 148 valence electrons. The smallest absolute Gasteiger partial charge is 0.417 e. The fraction of sp³-hybridized carbons (Fsp3) is 0.526. The zero-order chi connectivity index (χ0) is 19.9. The lowest BCUT2D eigenvalue weighted by Gasteiger charge is -2.46. The number of fused-ring (bicyclic) bond motifs is 1. The maximum atomic E-state index is 12.3. The predicted molar refractivity (Wildman–Crippen MR) is 104 cm³/mol. The van der Waals surface area contributed by atoms with Crippen molar-refractivity contribution in [1.29, 1.82) is 0 Å². The van der Waals surface area contributed by atoms with Crippen LogP contribution in [0.3, 0.4) is 0 Å². The van der Waals surface area contributed by atoms with Gasteiger partial charge in [-0.05, 0) is 64.8 Å². The van der Waals surface area contributed by atoms with Gasteiger partial charge in [-0.25, -0.2) is 0 Å². The molecule has 2 heterocycles. The third-order valence-electron chi connectivity index (χ3n) is 4.45. The minimum atomic E-state index is -4.44. The van der Waals surface area contributed by atoms with Gasteiger partial charge >= 0.3 is 5.51 Å². The third-order valence-corrected chi connectivity index (χ3v) is 4.91. The highest BCUT2D eigenvalue weighted by molar-refractivity contribution is 7.95. The van der Waals surface area contributed by atoms with E-state index >= 15 is 0 Å². The number of anilines is 1. The Balaban J connectivity index is 1.77. The summed E-state index contributed by atoms with van der Waals surface area (Å²) in [5.41, 5.74) is -2.86. The standard InChI is InChI=1S/C19H24F3N3OS/c1-17(2)9-14(10-18(3,4)25-17)24-13-7-12-8-15(26-27-19(20,21)22)5-6-16(12)23-11-13/h5-8,11,14,24-25H,9-10H2,1-4H3. The summed E-state index contributed by atoms with van der Waals surface area (Å²) >= 11 is -0.516. The molecule has 0 spiro atoms. The van der Waals surface area contributed by atoms with Crippen LogP contribution < -0.4 is 14.8 Å².